The fourth-order valence-electron chi connectivity index (χ4n) is 0.415. The van der Waals surface area contributed by atoms with Gasteiger partial charge in [-0.2, -0.15) is 0 Å². The summed E-state index contributed by atoms with van der Waals surface area (Å²) in [5, 5.41) is 2.59. The van der Waals surface area contributed by atoms with Gasteiger partial charge in [0.25, 0.3) is 0 Å². The fraction of sp³-hybridized carbons (Fsp3) is 0.833. The second-order valence-corrected chi connectivity index (χ2v) is 2.28. The maximum absolute atomic E-state index is 10.7. The average Bonchev–Trinajstić information content (AvgIpc) is 1.85. The number of hydrogen-bond donors (Lipinski definition) is 3. The minimum atomic E-state index is -0.184. The Bertz CT molecular complexity index is 103. The van der Waals surface area contributed by atoms with Gasteiger partial charge in [-0.3, -0.25) is 5.43 Å². The third-order valence-electron chi connectivity index (χ3n) is 0.812. The lowest BCUT2D eigenvalue weighted by Gasteiger charge is -2.09. The first-order valence-corrected chi connectivity index (χ1v) is 3.46. The highest BCUT2D eigenvalue weighted by Gasteiger charge is 1.95. The smallest absolute Gasteiger partial charge is 0.329 e. The molecule has 60 valence electrons. The molecule has 2 amide bonds. The van der Waals surface area contributed by atoms with Crippen LogP contribution >= 0.6 is 0 Å². The van der Waals surface area contributed by atoms with Crippen LogP contribution in [-0.4, -0.2) is 18.6 Å². The van der Waals surface area contributed by atoms with E-state index in [0.717, 1.165) is 0 Å². The van der Waals surface area contributed by atoms with Gasteiger partial charge in [-0.05, 0) is 20.8 Å². The lowest BCUT2D eigenvalue weighted by atomic mass is 10.4. The molecule has 0 rings (SSSR count). The Morgan fingerprint density at radius 1 is 1.50 bits per heavy atom. The molecule has 4 heteroatoms. The van der Waals surface area contributed by atoms with Crippen LogP contribution in [0.25, 0.3) is 0 Å². The average molecular weight is 145 g/mol. The zero-order chi connectivity index (χ0) is 7.98. The molecule has 0 spiro atoms. The van der Waals surface area contributed by atoms with Gasteiger partial charge in [-0.15, -0.1) is 0 Å². The predicted molar refractivity (Wildman–Crippen MR) is 40.5 cm³/mol. The minimum Gasteiger partial charge on any atom is -0.337 e. The highest BCUT2D eigenvalue weighted by atomic mass is 16.2. The van der Waals surface area contributed by atoms with Gasteiger partial charge in [0.2, 0.25) is 0 Å². The van der Waals surface area contributed by atoms with Crippen molar-refractivity contribution in [1.29, 1.82) is 0 Å². The van der Waals surface area contributed by atoms with Crippen LogP contribution in [0, 0.1) is 0 Å². The summed E-state index contributed by atoms with van der Waals surface area (Å²) >= 11 is 0. The molecule has 0 aromatic carbocycles. The van der Waals surface area contributed by atoms with Crippen LogP contribution in [0.15, 0.2) is 0 Å². The van der Waals surface area contributed by atoms with Gasteiger partial charge in [0.1, 0.15) is 0 Å². The number of rotatable bonds is 3. The van der Waals surface area contributed by atoms with Gasteiger partial charge in [0.05, 0.1) is 0 Å². The van der Waals surface area contributed by atoms with E-state index in [0.29, 0.717) is 6.54 Å². The lowest BCUT2D eigenvalue weighted by molar-refractivity contribution is 0.235. The number of amides is 2. The van der Waals surface area contributed by atoms with Crippen molar-refractivity contribution in [2.75, 3.05) is 6.54 Å². The summed E-state index contributed by atoms with van der Waals surface area (Å²) < 4.78 is 0. The summed E-state index contributed by atoms with van der Waals surface area (Å²) in [5.74, 6) is 0. The van der Waals surface area contributed by atoms with E-state index in [1.165, 1.54) is 0 Å². The number of hydrogen-bond acceptors (Lipinski definition) is 2. The van der Waals surface area contributed by atoms with Crippen LogP contribution in [0.4, 0.5) is 4.79 Å². The Morgan fingerprint density at radius 2 is 2.10 bits per heavy atom. The van der Waals surface area contributed by atoms with Crippen molar-refractivity contribution in [3.8, 4) is 0 Å². The van der Waals surface area contributed by atoms with Crippen molar-refractivity contribution in [1.82, 2.24) is 16.2 Å². The Labute approximate surface area is 61.3 Å². The van der Waals surface area contributed by atoms with Gasteiger partial charge < -0.3 is 5.32 Å². The molecule has 0 aromatic heterocycles. The quantitative estimate of drug-likeness (QED) is 0.497. The molecule has 0 aliphatic heterocycles. The zero-order valence-electron chi connectivity index (χ0n) is 6.69. The van der Waals surface area contributed by atoms with Crippen LogP contribution in [0.5, 0.6) is 0 Å². The maximum atomic E-state index is 10.7. The largest absolute Gasteiger partial charge is 0.337 e. The van der Waals surface area contributed by atoms with Crippen molar-refractivity contribution in [2.24, 2.45) is 0 Å². The van der Waals surface area contributed by atoms with Crippen LogP contribution in [0.2, 0.25) is 0 Å². The van der Waals surface area contributed by atoms with E-state index in [1.807, 2.05) is 20.8 Å². The van der Waals surface area contributed by atoms with E-state index < -0.39 is 0 Å². The van der Waals surface area contributed by atoms with Gasteiger partial charge in [-0.25, -0.2) is 10.2 Å². The zero-order valence-corrected chi connectivity index (χ0v) is 6.69. The third kappa shape index (κ3) is 5.37. The summed E-state index contributed by atoms with van der Waals surface area (Å²) in [6.45, 7) is 6.42. The fourth-order valence-corrected chi connectivity index (χ4v) is 0.415. The third-order valence-corrected chi connectivity index (χ3v) is 0.812. The van der Waals surface area contributed by atoms with Gasteiger partial charge in [0.15, 0.2) is 0 Å². The first-order valence-electron chi connectivity index (χ1n) is 3.46. The van der Waals surface area contributed by atoms with Crippen LogP contribution in [0.3, 0.4) is 0 Å². The van der Waals surface area contributed by atoms with Crippen molar-refractivity contribution >= 4 is 6.03 Å². The maximum Gasteiger partial charge on any atom is 0.329 e. The first-order chi connectivity index (χ1) is 4.66. The van der Waals surface area contributed by atoms with Crippen molar-refractivity contribution in [2.45, 2.75) is 26.8 Å². The number of nitrogens with one attached hydrogen (secondary N) is 3. The molecule has 0 aliphatic carbocycles. The Hall–Kier alpha value is -0.770. The van der Waals surface area contributed by atoms with Gasteiger partial charge in [-0.1, -0.05) is 0 Å². The summed E-state index contributed by atoms with van der Waals surface area (Å²) in [6, 6.07) is 0.0822. The molecule has 0 radical (unpaired) electrons. The highest BCUT2D eigenvalue weighted by Crippen LogP contribution is 1.70. The summed E-state index contributed by atoms with van der Waals surface area (Å²) in [6.07, 6.45) is 0. The van der Waals surface area contributed by atoms with E-state index in [-0.39, 0.29) is 12.1 Å². The molecule has 0 aliphatic rings. The molecule has 0 bridgehead atoms. The standard InChI is InChI=1S/C6H15N3O/c1-4-7-6(10)9-8-5(2)3/h5,8H,4H2,1-3H3,(H2,7,9,10). The molecule has 0 aromatic rings. The molecule has 3 N–H and O–H groups in total. The topological polar surface area (TPSA) is 53.2 Å². The van der Waals surface area contributed by atoms with Crippen LogP contribution in [-0.2, 0) is 0 Å². The van der Waals surface area contributed by atoms with Crippen molar-refractivity contribution in [3.05, 3.63) is 0 Å². The molecule has 0 unspecified atom stereocenters. The van der Waals surface area contributed by atoms with Crippen molar-refractivity contribution < 1.29 is 4.79 Å². The second kappa shape index (κ2) is 5.05. The van der Waals surface area contributed by atoms with Crippen molar-refractivity contribution in [3.63, 3.8) is 0 Å². The van der Waals surface area contributed by atoms with Crippen LogP contribution in [0.1, 0.15) is 20.8 Å². The molecular weight excluding hydrogens is 130 g/mol. The number of hydrazine groups is 1. The van der Waals surface area contributed by atoms with Gasteiger partial charge >= 0.3 is 6.03 Å². The van der Waals surface area contributed by atoms with Crippen LogP contribution < -0.4 is 16.2 Å². The van der Waals surface area contributed by atoms with E-state index in [4.69, 9.17) is 0 Å². The minimum absolute atomic E-state index is 0.184. The highest BCUT2D eigenvalue weighted by molar-refractivity contribution is 5.73. The van der Waals surface area contributed by atoms with E-state index in [1.54, 1.807) is 0 Å². The Morgan fingerprint density at radius 3 is 2.50 bits per heavy atom. The first kappa shape index (κ1) is 9.23. The normalized spacial score (nSPS) is 9.60. The van der Waals surface area contributed by atoms with Gasteiger partial charge in [0, 0.05) is 12.6 Å². The number of urea groups is 1. The molecule has 0 saturated heterocycles. The monoisotopic (exact) mass is 145 g/mol. The summed E-state index contributed by atoms with van der Waals surface area (Å²) in [5.41, 5.74) is 5.25. The summed E-state index contributed by atoms with van der Waals surface area (Å²) in [4.78, 5) is 10.7. The number of carbonyl (C=O) groups is 1. The van der Waals surface area contributed by atoms with E-state index in [2.05, 4.69) is 16.2 Å². The predicted octanol–water partition coefficient (Wildman–Crippen LogP) is 0.218. The Kier molecular flexibility index (Phi) is 4.66. The SMILES string of the molecule is CCNC(=O)NNC(C)C. The molecular formula is C6H15N3O. The molecule has 4 nitrogen and oxygen atoms in total. The Balaban J connectivity index is 3.22. The lowest BCUT2D eigenvalue weighted by Crippen LogP contribution is -2.46. The van der Waals surface area contributed by atoms with E-state index in [9.17, 15) is 4.79 Å². The van der Waals surface area contributed by atoms with E-state index >= 15 is 0 Å². The number of carbonyl (C=O) groups excluding carboxylic acids is 1. The molecule has 0 saturated carbocycles. The second-order valence-electron chi connectivity index (χ2n) is 2.28. The molecule has 0 heterocycles. The summed E-state index contributed by atoms with van der Waals surface area (Å²) in [7, 11) is 0. The molecule has 10 heavy (non-hydrogen) atoms. The molecule has 0 atom stereocenters. The molecule has 0 fully saturated rings.